The molecule has 3 saturated carbocycles. The average molecular weight is 1310 g/mol. The van der Waals surface area contributed by atoms with Gasteiger partial charge < -0.3 is 59.5 Å². The van der Waals surface area contributed by atoms with Gasteiger partial charge in [-0.15, -0.1) is 0 Å². The third-order valence-corrected chi connectivity index (χ3v) is 25.0. The highest BCUT2D eigenvalue weighted by molar-refractivity contribution is 6.00. The number of aromatic hydroxyl groups is 3. The summed E-state index contributed by atoms with van der Waals surface area (Å²) in [5.41, 5.74) is 8.05. The fourth-order valence-electron chi connectivity index (χ4n) is 20.9. The van der Waals surface area contributed by atoms with Crippen molar-refractivity contribution in [1.29, 1.82) is 0 Å². The van der Waals surface area contributed by atoms with Crippen molar-refractivity contribution in [2.24, 2.45) is 39.4 Å². The number of rotatable bonds is 7. The SMILES string of the molecule is COc1cc2cc(O)c1Oc1cc(O)cc(c1)C[C@H]1CC[C@]3(CC[C@@]4(CC[C@@]5(Cc6c7c(ccc8c7cn6[C@H]2CC(=O)C[C@H](OC(C)=O)CC[C@]26C7=CC=C[C@@H]2CC=C[C@@H]6c2c[nH]cc2[C@H](C#CC7)[C@@H](c2cccc(O)c2)C2=CCNC(=C2)N8CCC(C)=O)[C@@H]5O)C4)C3)C[C@H]1CO. The Kier molecular flexibility index (Phi) is 15.8. The summed E-state index contributed by atoms with van der Waals surface area (Å²) in [6.07, 6.45) is 32.4. The quantitative estimate of drug-likeness (QED) is 0.0450. The molecule has 3 fully saturated rings. The molecular formula is C82H88N4O11. The fraction of sp³-hybridized carbons (Fsp3) is 0.451. The summed E-state index contributed by atoms with van der Waals surface area (Å²) in [7, 11) is 1.51. The standard InChI is InChI=1S/C82H88N4O11/c1-48(88)21-29-85-69-17-16-64-76-67(69)44-86-70(54-34-72(93)77(73(35-54)95-3)97-62-32-50(31-59(91)38-62)30-51-18-22-79(40-55(51)45-87)24-25-80(46-79)26-27-81(47-80,78(64)94)41-71(76)86)39-60(92)37-61(96-49(2)89)19-23-82-56-9-5-10-57(82)12-7-15-68(82)66-43-83-42-65(66)63(14-6-11-56)75(52-8-4-13-58(90)33-52)53-20-28-84-74(85)36-53/h4-5,7-10,13,15-17,20,31-36,38,42-44,51,55,57,61,63,68,70,75,78,83-84,87,90-91,93-94H,11-12,18-19,21-30,37,39-41,45-47H2,1-3H3/t51-,55+,57-,61-,63+,68-,70+,75+,78+,79+,80-,81-,82+/m1/s1. The molecule has 97 heavy (non-hydrogen) atoms. The van der Waals surface area contributed by atoms with E-state index in [4.69, 9.17) is 14.2 Å². The van der Waals surface area contributed by atoms with Crippen LogP contribution < -0.4 is 19.7 Å². The summed E-state index contributed by atoms with van der Waals surface area (Å²) in [6, 6.07) is 19.5. The van der Waals surface area contributed by atoms with Gasteiger partial charge in [0, 0.05) is 116 Å². The molecule has 15 heteroatoms. The molecule has 6 aromatic rings. The van der Waals surface area contributed by atoms with E-state index in [0.717, 1.165) is 126 Å². The second-order valence-corrected chi connectivity index (χ2v) is 30.6. The molecule has 13 atom stereocenters. The molecule has 7 N–H and O–H groups in total. The van der Waals surface area contributed by atoms with E-state index < -0.39 is 46.9 Å². The molecule has 13 aliphatic rings. The van der Waals surface area contributed by atoms with Crippen molar-refractivity contribution in [3.63, 3.8) is 0 Å². The van der Waals surface area contributed by atoms with Gasteiger partial charge in [0.05, 0.1) is 30.9 Å². The van der Waals surface area contributed by atoms with Gasteiger partial charge in [0.15, 0.2) is 11.5 Å². The molecule has 0 unspecified atom stereocenters. The van der Waals surface area contributed by atoms with Gasteiger partial charge in [0.1, 0.15) is 40.7 Å². The zero-order valence-electron chi connectivity index (χ0n) is 55.7. The molecule has 4 aromatic carbocycles. The number of carbonyl (C=O) groups excluding carboxylic acids is 3. The van der Waals surface area contributed by atoms with Crippen LogP contribution in [0, 0.1) is 51.3 Å². The first kappa shape index (κ1) is 63.1. The van der Waals surface area contributed by atoms with E-state index in [1.807, 2.05) is 24.3 Å². The fourth-order valence-corrected chi connectivity index (χ4v) is 20.9. The summed E-state index contributed by atoms with van der Waals surface area (Å²) in [5, 5.41) is 65.6. The van der Waals surface area contributed by atoms with E-state index in [2.05, 4.69) is 111 Å². The number of benzene rings is 4. The first-order valence-corrected chi connectivity index (χ1v) is 35.4. The number of hydrogen-bond donors (Lipinski definition) is 7. The minimum Gasteiger partial charge on any atom is -0.508 e. The Morgan fingerprint density at radius 2 is 1.72 bits per heavy atom. The van der Waals surface area contributed by atoms with E-state index in [1.165, 1.54) is 25.7 Å². The number of H-pyrrole nitrogens is 1. The number of esters is 1. The van der Waals surface area contributed by atoms with Crippen molar-refractivity contribution < 1.29 is 54.1 Å². The normalized spacial score (nSPS) is 31.5. The molecule has 502 valence electrons. The number of aromatic nitrogens is 2. The number of nitrogens with zero attached hydrogens (tertiary/aromatic N) is 2. The van der Waals surface area contributed by atoms with E-state index in [9.17, 15) is 35.1 Å². The highest BCUT2D eigenvalue weighted by Crippen LogP contribution is 2.70. The average Bonchev–Trinajstić information content (AvgIpc) is 1.57. The number of nitrogens with one attached hydrogen (secondary N) is 2. The predicted molar refractivity (Wildman–Crippen MR) is 370 cm³/mol. The van der Waals surface area contributed by atoms with E-state index >= 15 is 4.79 Å². The maximum Gasteiger partial charge on any atom is 0.302 e. The molecule has 6 aliphatic heterocycles. The second kappa shape index (κ2) is 24.4. The number of hydrogen-bond acceptors (Lipinski definition) is 13. The number of aliphatic hydroxyl groups excluding tert-OH is 2. The molecule has 0 saturated heterocycles. The zero-order valence-corrected chi connectivity index (χ0v) is 55.7. The number of aromatic amines is 1. The van der Waals surface area contributed by atoms with Gasteiger partial charge in [-0.1, -0.05) is 72.1 Å². The Hall–Kier alpha value is -8.71. The molecule has 15 nitrogen and oxygen atoms in total. The van der Waals surface area contributed by atoms with Gasteiger partial charge in [0.2, 0.25) is 5.75 Å². The number of anilines is 1. The molecule has 0 amide bonds. The molecule has 2 aromatic heterocycles. The Labute approximate surface area is 567 Å². The van der Waals surface area contributed by atoms with Crippen LogP contribution in [-0.4, -0.2) is 85.5 Å². The van der Waals surface area contributed by atoms with Crippen LogP contribution in [0.4, 0.5) is 5.69 Å². The third-order valence-electron chi connectivity index (χ3n) is 25.0. The van der Waals surface area contributed by atoms with Crippen molar-refractivity contribution in [2.45, 2.75) is 165 Å². The van der Waals surface area contributed by atoms with Crippen LogP contribution >= 0.6 is 0 Å². The van der Waals surface area contributed by atoms with Crippen LogP contribution in [0.3, 0.4) is 0 Å². The van der Waals surface area contributed by atoms with Crippen LogP contribution in [0.5, 0.6) is 34.5 Å². The van der Waals surface area contributed by atoms with Gasteiger partial charge in [-0.2, -0.15) is 0 Å². The molecule has 15 bridgehead atoms. The van der Waals surface area contributed by atoms with Gasteiger partial charge >= 0.3 is 5.97 Å². The zero-order chi connectivity index (χ0) is 66.7. The number of phenolic OH excluding ortho intramolecular Hbond substituents is 3. The van der Waals surface area contributed by atoms with Gasteiger partial charge in [-0.25, -0.2) is 0 Å². The maximum absolute atomic E-state index is 16.0. The summed E-state index contributed by atoms with van der Waals surface area (Å²) in [6.45, 7) is 3.82. The van der Waals surface area contributed by atoms with Crippen molar-refractivity contribution in [2.75, 3.05) is 31.7 Å². The van der Waals surface area contributed by atoms with Gasteiger partial charge in [0.25, 0.3) is 0 Å². The molecular weight excluding hydrogens is 1220 g/mol. The first-order chi connectivity index (χ1) is 46.9. The number of phenols is 3. The highest BCUT2D eigenvalue weighted by atomic mass is 16.5. The molecule has 19 rings (SSSR count). The monoisotopic (exact) mass is 1300 g/mol. The number of dihydropyridines is 1. The third kappa shape index (κ3) is 10.9. The summed E-state index contributed by atoms with van der Waals surface area (Å²) in [4.78, 5) is 48.8. The maximum atomic E-state index is 16.0. The van der Waals surface area contributed by atoms with E-state index in [0.29, 0.717) is 56.5 Å². The van der Waals surface area contributed by atoms with Crippen LogP contribution in [0.15, 0.2) is 145 Å². The number of Topliss-reactive ketones (excluding diaryl/α,β-unsaturated/α-hetero) is 2. The van der Waals surface area contributed by atoms with E-state index in [1.54, 1.807) is 25.1 Å². The van der Waals surface area contributed by atoms with Crippen molar-refractivity contribution >= 4 is 34.0 Å². The Balaban J connectivity index is 0.928. The lowest BCUT2D eigenvalue weighted by molar-refractivity contribution is -0.148. The lowest BCUT2D eigenvalue weighted by Crippen LogP contribution is -2.41. The van der Waals surface area contributed by atoms with Crippen molar-refractivity contribution in [1.82, 2.24) is 14.9 Å². The predicted octanol–water partition coefficient (Wildman–Crippen LogP) is 14.7. The summed E-state index contributed by atoms with van der Waals surface area (Å²) >= 11 is 0. The number of allylic oxidation sites excluding steroid dienone is 8. The van der Waals surface area contributed by atoms with E-state index in [-0.39, 0.29) is 101 Å². The minimum absolute atomic E-state index is 0.0116. The highest BCUT2D eigenvalue weighted by Gasteiger charge is 2.60. The number of fused-ring (bicyclic) bond motifs is 1. The summed E-state index contributed by atoms with van der Waals surface area (Å²) in [5.74, 6) is 7.51. The van der Waals surface area contributed by atoms with Crippen molar-refractivity contribution in [3.05, 3.63) is 184 Å². The van der Waals surface area contributed by atoms with Gasteiger partial charge in [-0.3, -0.25) is 14.4 Å². The first-order valence-electron chi connectivity index (χ1n) is 35.4. The number of ether oxygens (including phenoxy) is 3. The molecule has 0 radical (unpaired) electrons. The largest absolute Gasteiger partial charge is 0.508 e. The molecule has 4 spiro atoms. The lowest BCUT2D eigenvalue weighted by Gasteiger charge is -2.50. The Bertz CT molecular complexity index is 4440. The van der Waals surface area contributed by atoms with Crippen LogP contribution in [0.1, 0.15) is 186 Å². The molecule has 8 heterocycles. The Morgan fingerprint density at radius 1 is 0.866 bits per heavy atom. The topological polar surface area (TPSA) is 216 Å². The van der Waals surface area contributed by atoms with Crippen LogP contribution in [0.25, 0.3) is 10.8 Å². The number of methoxy groups -OCH3 is 1. The van der Waals surface area contributed by atoms with Crippen LogP contribution in [-0.2, 0) is 32.0 Å². The Morgan fingerprint density at radius 3 is 2.56 bits per heavy atom. The second-order valence-electron chi connectivity index (χ2n) is 30.6. The number of carbonyl (C=O) groups is 3. The van der Waals surface area contributed by atoms with Crippen LogP contribution in [0.2, 0.25) is 0 Å². The smallest absolute Gasteiger partial charge is 0.302 e. The number of ketones is 2. The minimum atomic E-state index is -0.844. The molecule has 7 aliphatic carbocycles. The van der Waals surface area contributed by atoms with Crippen molar-refractivity contribution in [3.8, 4) is 46.3 Å². The summed E-state index contributed by atoms with van der Waals surface area (Å²) < 4.78 is 21.4. The number of aliphatic hydroxyl groups is 2. The lowest BCUT2D eigenvalue weighted by atomic mass is 9.53. The van der Waals surface area contributed by atoms with Gasteiger partial charge in [-0.05, 0) is 213 Å².